The van der Waals surface area contributed by atoms with Crippen LogP contribution in [0.4, 0.5) is 54.8 Å². The maximum atomic E-state index is 13.9. The third-order valence-electron chi connectivity index (χ3n) is 6.19. The molecule has 0 aromatic heterocycles. The number of hydrogen-bond acceptors (Lipinski definition) is 4. The van der Waals surface area contributed by atoms with Crippen LogP contribution in [-0.2, 0) is 34.5 Å². The van der Waals surface area contributed by atoms with E-state index in [0.717, 1.165) is 7.11 Å². The van der Waals surface area contributed by atoms with E-state index in [0.29, 0.717) is 28.0 Å². The van der Waals surface area contributed by atoms with Gasteiger partial charge in [-0.1, -0.05) is 6.85 Å². The highest BCUT2D eigenvalue weighted by Crippen LogP contribution is 2.45. The van der Waals surface area contributed by atoms with Crippen LogP contribution in [0.1, 0.15) is 71.4 Å². The summed E-state index contributed by atoms with van der Waals surface area (Å²) in [4.78, 5) is 27.2. The largest absolute Gasteiger partial charge is 0.453 e. The topological polar surface area (TPSA) is 59.1 Å². The summed E-state index contributed by atoms with van der Waals surface area (Å²) < 4.78 is 193. The van der Waals surface area contributed by atoms with Crippen molar-refractivity contribution in [3.63, 3.8) is 0 Å². The second-order valence-electron chi connectivity index (χ2n) is 8.73. The Morgan fingerprint density at radius 3 is 2.07 bits per heavy atom. The average molecular weight is 609 g/mol. The highest BCUT2D eigenvalue weighted by molar-refractivity contribution is 5.90. The van der Waals surface area contributed by atoms with Crippen molar-refractivity contribution in [3.05, 3.63) is 64.2 Å². The minimum Gasteiger partial charge on any atom is -0.453 e. The number of nitrogens with zero attached hydrogens (tertiary/aromatic N) is 2. The molecule has 2 atom stereocenters. The number of anilines is 1. The van der Waals surface area contributed by atoms with E-state index >= 15 is 0 Å². The van der Waals surface area contributed by atoms with Crippen LogP contribution in [0, 0.1) is 0 Å². The summed E-state index contributed by atoms with van der Waals surface area (Å²) in [5.41, 5.74) is -7.16. The maximum absolute atomic E-state index is 13.9. The number of benzene rings is 2. The lowest BCUT2D eigenvalue weighted by molar-refractivity contribution is -0.143. The summed E-state index contributed by atoms with van der Waals surface area (Å²) in [6.45, 7) is -11.5. The summed E-state index contributed by atoms with van der Waals surface area (Å²) in [5.74, 6) is 0. The molecule has 0 saturated carbocycles. The minimum absolute atomic E-state index is 0.203. The van der Waals surface area contributed by atoms with E-state index in [4.69, 9.17) is 11.0 Å². The first kappa shape index (κ1) is 22.0. The van der Waals surface area contributed by atoms with Gasteiger partial charge < -0.3 is 9.47 Å². The highest BCUT2D eigenvalue weighted by Gasteiger charge is 2.43. The predicted octanol–water partition coefficient (Wildman–Crippen LogP) is 8.20. The Hall–Kier alpha value is -3.65. The molecule has 0 bridgehead atoms. The Bertz CT molecular complexity index is 1530. The van der Waals surface area contributed by atoms with Gasteiger partial charge in [-0.15, -0.1) is 0 Å². The number of hydrogen-bond donors (Lipinski definition) is 0. The smallest absolute Gasteiger partial charge is 0.416 e. The molecule has 1 heterocycles. The molecule has 0 spiro atoms. The number of methoxy groups -OCH3 is 1. The van der Waals surface area contributed by atoms with E-state index in [-0.39, 0.29) is 18.2 Å². The molecule has 0 N–H and O–H groups in total. The molecule has 41 heavy (non-hydrogen) atoms. The van der Waals surface area contributed by atoms with E-state index in [1.54, 1.807) is 0 Å². The average Bonchev–Trinajstić information content (AvgIpc) is 2.91. The molecule has 15 heteroatoms. The molecule has 2 amide bonds. The van der Waals surface area contributed by atoms with Crippen molar-refractivity contribution in [2.45, 2.75) is 63.7 Å². The number of ether oxygens (including phenoxy) is 2. The highest BCUT2D eigenvalue weighted by atomic mass is 19.4. The minimum atomic E-state index is -5.32. The van der Waals surface area contributed by atoms with Crippen LogP contribution in [-0.4, -0.2) is 36.8 Å². The maximum Gasteiger partial charge on any atom is 0.416 e. The van der Waals surface area contributed by atoms with Crippen molar-refractivity contribution < 1.29 is 69.5 Å². The Balaban J connectivity index is 2.31. The van der Waals surface area contributed by atoms with Crippen molar-refractivity contribution >= 4 is 17.9 Å². The number of amides is 2. The van der Waals surface area contributed by atoms with E-state index in [2.05, 4.69) is 9.47 Å². The van der Waals surface area contributed by atoms with E-state index in [9.17, 15) is 49.1 Å². The van der Waals surface area contributed by atoms with Crippen LogP contribution < -0.4 is 4.90 Å². The molecule has 2 aromatic rings. The third kappa shape index (κ3) is 6.99. The van der Waals surface area contributed by atoms with Gasteiger partial charge in [0.2, 0.25) is 0 Å². The van der Waals surface area contributed by atoms with Gasteiger partial charge in [-0.25, -0.2) is 9.59 Å². The van der Waals surface area contributed by atoms with Gasteiger partial charge in [-0.3, -0.25) is 9.80 Å². The van der Waals surface area contributed by atoms with Crippen molar-refractivity contribution in [2.75, 3.05) is 18.6 Å². The van der Waals surface area contributed by atoms with Crippen LogP contribution in [0.5, 0.6) is 0 Å². The van der Waals surface area contributed by atoms with Crippen molar-refractivity contribution in [3.8, 4) is 0 Å². The molecule has 0 saturated heterocycles. The zero-order valence-corrected chi connectivity index (χ0v) is 20.7. The summed E-state index contributed by atoms with van der Waals surface area (Å²) in [6, 6.07) is -1.94. The number of halogens is 9. The Labute approximate surface area is 239 Å². The zero-order chi connectivity index (χ0) is 37.7. The lowest BCUT2D eigenvalue weighted by Crippen LogP contribution is -2.48. The van der Waals surface area contributed by atoms with E-state index in [1.807, 2.05) is 0 Å². The number of fused-ring (bicyclic) bond motifs is 1. The molecular formula is C26H25F9N2O4. The van der Waals surface area contributed by atoms with Crippen LogP contribution in [0.15, 0.2) is 36.4 Å². The molecule has 0 unspecified atom stereocenters. The van der Waals surface area contributed by atoms with Crippen LogP contribution >= 0.6 is 0 Å². The normalized spacial score (nSPS) is 21.5. The molecule has 1 aliphatic rings. The predicted molar refractivity (Wildman–Crippen MR) is 127 cm³/mol. The first-order valence-corrected chi connectivity index (χ1v) is 11.3. The second kappa shape index (κ2) is 11.7. The molecule has 2 aromatic carbocycles. The fourth-order valence-corrected chi connectivity index (χ4v) is 4.44. The Morgan fingerprint density at radius 1 is 0.951 bits per heavy atom. The lowest BCUT2D eigenvalue weighted by Gasteiger charge is -2.43. The summed E-state index contributed by atoms with van der Waals surface area (Å²) in [6.07, 6.45) is -21.1. The van der Waals surface area contributed by atoms with Crippen LogP contribution in [0.25, 0.3) is 0 Å². The third-order valence-corrected chi connectivity index (χ3v) is 6.19. The quantitative estimate of drug-likeness (QED) is 0.321. The van der Waals surface area contributed by atoms with Gasteiger partial charge >= 0.3 is 30.7 Å². The number of rotatable bonds is 5. The first-order chi connectivity index (χ1) is 22.0. The molecule has 3 rings (SSSR count). The van der Waals surface area contributed by atoms with E-state index in [1.165, 1.54) is 0 Å². The molecular weight excluding hydrogens is 575 g/mol. The van der Waals surface area contributed by atoms with Gasteiger partial charge in [0.05, 0.1) is 44.8 Å². The first-order valence-electron chi connectivity index (χ1n) is 15.3. The van der Waals surface area contributed by atoms with Crippen molar-refractivity contribution in [2.24, 2.45) is 0 Å². The number of alkyl halides is 9. The summed E-state index contributed by atoms with van der Waals surface area (Å²) in [7, 11) is 0.735. The molecule has 0 fully saturated rings. The number of carbonyl (C=O) groups excluding carboxylic acids is 2. The van der Waals surface area contributed by atoms with Crippen molar-refractivity contribution in [1.82, 2.24) is 4.90 Å². The van der Waals surface area contributed by atoms with Crippen LogP contribution in [0.2, 0.25) is 0 Å². The van der Waals surface area contributed by atoms with Crippen molar-refractivity contribution in [1.29, 1.82) is 0 Å². The summed E-state index contributed by atoms with van der Waals surface area (Å²) in [5, 5.41) is 0. The van der Waals surface area contributed by atoms with Gasteiger partial charge in [0.25, 0.3) is 0 Å². The molecule has 0 radical (unpaired) electrons. The molecule has 6 nitrogen and oxygen atoms in total. The zero-order valence-electron chi connectivity index (χ0n) is 28.7. The monoisotopic (exact) mass is 608 g/mol. The van der Waals surface area contributed by atoms with E-state index < -0.39 is 116 Å². The van der Waals surface area contributed by atoms with Gasteiger partial charge in [-0.05, 0) is 67.2 Å². The van der Waals surface area contributed by atoms with Gasteiger partial charge in [-0.2, -0.15) is 39.5 Å². The molecule has 226 valence electrons. The second-order valence-corrected chi connectivity index (χ2v) is 8.73. The fraction of sp³-hybridized carbons (Fsp3) is 0.462. The standard InChI is InChI=1S/C26H25F9N2O4/c1-4-18-12-21(19-11-15(24(27,28)29)6-7-20(19)37(18)23(39)41-5-2)36(22(38)40-3)13-14-8-16(25(30,31)32)10-17(9-14)26(33,34)35/h6-11,18,21H,4-5,12-13H2,1-3H3/t18-,21-/m0/s1/i1D3,2D3,5D2. The summed E-state index contributed by atoms with van der Waals surface area (Å²) >= 11 is 0. The van der Waals surface area contributed by atoms with Gasteiger partial charge in [0, 0.05) is 20.8 Å². The van der Waals surface area contributed by atoms with Gasteiger partial charge in [0.1, 0.15) is 0 Å². The van der Waals surface area contributed by atoms with Gasteiger partial charge in [0.15, 0.2) is 0 Å². The molecule has 1 aliphatic heterocycles. The number of carbonyl (C=O) groups is 2. The Kier molecular flexibility index (Phi) is 6.27. The Morgan fingerprint density at radius 2 is 1.56 bits per heavy atom. The molecule has 0 aliphatic carbocycles. The SMILES string of the molecule is [2H]C([2H])([2H])C[C@H]1C[C@H](N(Cc2cc(C(F)(F)F)cc(C(F)(F)F)c2)C(=O)OC)c2cc(C(F)(F)F)ccc2N1C(=O)OC([2H])([2H])C([2H])([2H])[2H]. The fourth-order valence-electron chi connectivity index (χ4n) is 4.44. The van der Waals surface area contributed by atoms with Crippen LogP contribution in [0.3, 0.4) is 0 Å². The lowest BCUT2D eigenvalue weighted by atomic mass is 9.87.